The highest BCUT2D eigenvalue weighted by Gasteiger charge is 2.19. The quantitative estimate of drug-likeness (QED) is 0.0590. The van der Waals surface area contributed by atoms with Gasteiger partial charge in [0, 0.05) is 54.6 Å². The predicted octanol–water partition coefficient (Wildman–Crippen LogP) is 6.52. The van der Waals surface area contributed by atoms with Crippen LogP contribution in [0.4, 0.5) is 14.5 Å². The highest BCUT2D eigenvalue weighted by molar-refractivity contribution is 6.10. The summed E-state index contributed by atoms with van der Waals surface area (Å²) in [6.45, 7) is 21.4. The van der Waals surface area contributed by atoms with Gasteiger partial charge in [0.25, 0.3) is 6.43 Å². The van der Waals surface area contributed by atoms with E-state index < -0.39 is 6.43 Å². The van der Waals surface area contributed by atoms with Crippen molar-refractivity contribution in [1.29, 1.82) is 0 Å². The molecule has 1 fully saturated rings. The topological polar surface area (TPSA) is 130 Å². The minimum atomic E-state index is -2.60. The number of allylic oxidation sites excluding steroid dienone is 2. The van der Waals surface area contributed by atoms with Crippen LogP contribution >= 0.6 is 0 Å². The molecule has 1 aliphatic heterocycles. The first kappa shape index (κ1) is 42.9. The van der Waals surface area contributed by atoms with Crippen LogP contribution in [-0.4, -0.2) is 52.4 Å². The Morgan fingerprint density at radius 3 is 2.34 bits per heavy atom. The van der Waals surface area contributed by atoms with Crippen LogP contribution in [0, 0.1) is 5.92 Å². The number of aliphatic imine (C=N–C) groups is 1. The molecule has 1 aromatic rings. The highest BCUT2D eigenvalue weighted by Crippen LogP contribution is 2.33. The van der Waals surface area contributed by atoms with Gasteiger partial charge in [-0.15, -0.1) is 0 Å². The SMILES string of the molecule is C=C(CCC)NC(CN)CCCCC1CNC1.C=CNCNc1cc(C(F)F)c(/C(C=NC)=C/N)cc1CCC.C=O.CC. The molecule has 1 aromatic carbocycles. The van der Waals surface area contributed by atoms with Crippen LogP contribution < -0.4 is 32.7 Å². The third kappa shape index (κ3) is 17.8. The fourth-order valence-corrected chi connectivity index (χ4v) is 4.58. The van der Waals surface area contributed by atoms with E-state index >= 15 is 0 Å². The molecule has 10 heteroatoms. The summed E-state index contributed by atoms with van der Waals surface area (Å²) in [5.74, 6) is 0.939. The van der Waals surface area contributed by atoms with Crippen molar-refractivity contribution in [2.75, 3.05) is 38.7 Å². The molecular formula is C34H61F2N7O. The summed E-state index contributed by atoms with van der Waals surface area (Å²) < 4.78 is 27.0. The maximum atomic E-state index is 13.5. The Kier molecular flexibility index (Phi) is 27.8. The minimum absolute atomic E-state index is 0.0671. The van der Waals surface area contributed by atoms with Gasteiger partial charge in [0.15, 0.2) is 0 Å². The number of nitrogens with two attached hydrogens (primary N) is 2. The molecular weight excluding hydrogens is 560 g/mol. The van der Waals surface area contributed by atoms with E-state index in [9.17, 15) is 8.78 Å². The van der Waals surface area contributed by atoms with Gasteiger partial charge in [0.05, 0.1) is 6.67 Å². The minimum Gasteiger partial charge on any atom is -0.404 e. The van der Waals surface area contributed by atoms with E-state index in [0.29, 0.717) is 36.1 Å². The molecule has 1 saturated heterocycles. The average Bonchev–Trinajstić information content (AvgIpc) is 3.01. The van der Waals surface area contributed by atoms with Gasteiger partial charge in [-0.3, -0.25) is 4.99 Å². The van der Waals surface area contributed by atoms with E-state index in [1.807, 2.05) is 27.6 Å². The van der Waals surface area contributed by atoms with Crippen LogP contribution in [0.15, 0.2) is 48.4 Å². The van der Waals surface area contributed by atoms with Gasteiger partial charge in [-0.1, -0.05) is 66.5 Å². The summed E-state index contributed by atoms with van der Waals surface area (Å²) in [7, 11) is 1.58. The Morgan fingerprint density at radius 2 is 1.86 bits per heavy atom. The summed E-state index contributed by atoms with van der Waals surface area (Å²) in [5, 5.41) is 12.8. The molecule has 0 spiro atoms. The van der Waals surface area contributed by atoms with E-state index in [-0.39, 0.29) is 5.56 Å². The number of nitrogens with zero attached hydrogens (tertiary/aromatic N) is 1. The third-order valence-corrected chi connectivity index (χ3v) is 6.84. The molecule has 0 radical (unpaired) electrons. The molecule has 2 rings (SSSR count). The predicted molar refractivity (Wildman–Crippen MR) is 187 cm³/mol. The lowest BCUT2D eigenvalue weighted by molar-refractivity contribution is -0.0980. The standard InChI is InChI=1S/C17H24F2N4.C14H29N3.C2H6.CH2O/c1-4-6-12-7-14(13(9-20)10-21-3)15(17(18)19)8-16(12)23-11-22-5-2;1-3-6-12(2)17-14(9-15)8-5-4-7-13-10-16-11-13;2*1-2/h5,7-10,17,22-23H,2,4,6,11,20H2,1,3H3;13-14,16-17H,2-11,15H2,1H3;1-2H3;1H2/b13-9+,21-10?;;;. The summed E-state index contributed by atoms with van der Waals surface area (Å²) >= 11 is 0. The van der Waals surface area contributed by atoms with Gasteiger partial charge in [-0.2, -0.15) is 0 Å². The summed E-state index contributed by atoms with van der Waals surface area (Å²) in [4.78, 5) is 11.9. The van der Waals surface area contributed by atoms with Gasteiger partial charge in [0.2, 0.25) is 0 Å². The van der Waals surface area contributed by atoms with Crippen molar-refractivity contribution in [3.8, 4) is 0 Å². The number of hydrogen-bond acceptors (Lipinski definition) is 8. The molecule has 1 unspecified atom stereocenters. The van der Waals surface area contributed by atoms with Crippen LogP contribution in [0.25, 0.3) is 5.57 Å². The maximum absolute atomic E-state index is 13.5. The van der Waals surface area contributed by atoms with Crippen molar-refractivity contribution in [1.82, 2.24) is 16.0 Å². The molecule has 0 saturated carbocycles. The fourth-order valence-electron chi connectivity index (χ4n) is 4.58. The molecule has 252 valence electrons. The number of unbranched alkanes of at least 4 members (excludes halogenated alkanes) is 1. The normalized spacial score (nSPS) is 13.2. The van der Waals surface area contributed by atoms with Crippen LogP contribution in [0.1, 0.15) is 95.8 Å². The zero-order valence-corrected chi connectivity index (χ0v) is 28.0. The first-order valence-corrected chi connectivity index (χ1v) is 15.9. The molecule has 0 amide bonds. The molecule has 0 aromatic heterocycles. The highest BCUT2D eigenvalue weighted by atomic mass is 19.3. The van der Waals surface area contributed by atoms with Crippen molar-refractivity contribution >= 4 is 24.3 Å². The van der Waals surface area contributed by atoms with Gasteiger partial charge < -0.3 is 37.5 Å². The zero-order chi connectivity index (χ0) is 33.8. The van der Waals surface area contributed by atoms with Gasteiger partial charge in [-0.25, -0.2) is 8.78 Å². The Balaban J connectivity index is 0. The molecule has 1 aliphatic rings. The summed E-state index contributed by atoms with van der Waals surface area (Å²) in [6, 6.07) is 3.68. The van der Waals surface area contributed by atoms with Gasteiger partial charge in [0.1, 0.15) is 6.79 Å². The monoisotopic (exact) mass is 621 g/mol. The number of nitrogens with one attached hydrogen (secondary N) is 4. The number of carbonyl (C=O) groups is 1. The van der Waals surface area contributed by atoms with Crippen molar-refractivity contribution in [3.63, 3.8) is 0 Å². The van der Waals surface area contributed by atoms with Crippen molar-refractivity contribution < 1.29 is 13.6 Å². The summed E-state index contributed by atoms with van der Waals surface area (Å²) in [5.41, 5.74) is 15.0. The van der Waals surface area contributed by atoms with Gasteiger partial charge in [-0.05, 0) is 74.2 Å². The zero-order valence-electron chi connectivity index (χ0n) is 28.0. The molecule has 0 aliphatic carbocycles. The van der Waals surface area contributed by atoms with E-state index in [0.717, 1.165) is 42.9 Å². The lowest BCUT2D eigenvalue weighted by atomic mass is 9.95. The Labute approximate surface area is 266 Å². The van der Waals surface area contributed by atoms with Crippen LogP contribution in [0.3, 0.4) is 0 Å². The number of hydrogen-bond donors (Lipinski definition) is 6. The second kappa shape index (κ2) is 28.5. The van der Waals surface area contributed by atoms with E-state index in [2.05, 4.69) is 46.3 Å². The molecule has 8 N–H and O–H groups in total. The average molecular weight is 622 g/mol. The van der Waals surface area contributed by atoms with Crippen LogP contribution in [0.2, 0.25) is 0 Å². The molecule has 0 bridgehead atoms. The Bertz CT molecular complexity index is 950. The van der Waals surface area contributed by atoms with Crippen molar-refractivity contribution in [2.45, 2.75) is 91.5 Å². The van der Waals surface area contributed by atoms with Crippen LogP contribution in [0.5, 0.6) is 0 Å². The Morgan fingerprint density at radius 1 is 1.18 bits per heavy atom. The van der Waals surface area contributed by atoms with E-state index in [1.54, 1.807) is 19.3 Å². The second-order valence-corrected chi connectivity index (χ2v) is 10.2. The second-order valence-electron chi connectivity index (χ2n) is 10.2. The fraction of sp³-hybridized carbons (Fsp3) is 0.588. The lowest BCUT2D eigenvalue weighted by Gasteiger charge is -2.27. The molecule has 44 heavy (non-hydrogen) atoms. The van der Waals surface area contributed by atoms with Gasteiger partial charge >= 0.3 is 0 Å². The molecule has 1 atom stereocenters. The Hall–Kier alpha value is -3.24. The first-order valence-electron chi connectivity index (χ1n) is 15.9. The lowest BCUT2D eigenvalue weighted by Crippen LogP contribution is -2.41. The van der Waals surface area contributed by atoms with E-state index in [1.165, 1.54) is 57.3 Å². The maximum Gasteiger partial charge on any atom is 0.264 e. The number of rotatable bonds is 19. The first-order chi connectivity index (χ1) is 21.3. The number of anilines is 1. The number of halogens is 2. The van der Waals surface area contributed by atoms with Crippen molar-refractivity contribution in [2.24, 2.45) is 22.4 Å². The number of alkyl halides is 2. The number of carbonyl (C=O) groups excluding carboxylic acids is 1. The smallest absolute Gasteiger partial charge is 0.264 e. The molecule has 1 heterocycles. The summed E-state index contributed by atoms with van der Waals surface area (Å²) in [6.07, 6.45) is 10.8. The molecule has 8 nitrogen and oxygen atoms in total. The third-order valence-electron chi connectivity index (χ3n) is 6.84. The van der Waals surface area contributed by atoms with Crippen LogP contribution in [-0.2, 0) is 11.2 Å². The van der Waals surface area contributed by atoms with E-state index in [4.69, 9.17) is 16.3 Å². The van der Waals surface area contributed by atoms with Crippen molar-refractivity contribution in [3.05, 3.63) is 60.1 Å². The largest absolute Gasteiger partial charge is 0.404 e. The number of benzene rings is 1. The number of aryl methyl sites for hydroxylation is 1.